The zero-order valence-electron chi connectivity index (χ0n) is 11.0. The third-order valence-electron chi connectivity index (χ3n) is 2.05. The molecular weight excluding hydrogens is 308 g/mol. The summed E-state index contributed by atoms with van der Waals surface area (Å²) < 4.78 is 5.01. The maximum atomic E-state index is 11.4. The van der Waals surface area contributed by atoms with Crippen molar-refractivity contribution in [1.82, 2.24) is 9.44 Å². The average Bonchev–Trinajstić information content (AvgIpc) is 2.37. The summed E-state index contributed by atoms with van der Waals surface area (Å²) in [5.41, 5.74) is 0. The Morgan fingerprint density at radius 1 is 0.889 bits per heavy atom. The molecule has 2 unspecified atom stereocenters. The van der Waals surface area contributed by atoms with Gasteiger partial charge < -0.3 is 0 Å². The number of carbonyl (C=O) groups is 2. The van der Waals surface area contributed by atoms with Crippen molar-refractivity contribution in [3.8, 4) is 0 Å². The lowest BCUT2D eigenvalue weighted by Crippen LogP contribution is -2.33. The van der Waals surface area contributed by atoms with Crippen LogP contribution in [0.1, 0.15) is 40.5 Å². The minimum absolute atomic E-state index is 0.452. The van der Waals surface area contributed by atoms with E-state index < -0.39 is 11.8 Å². The van der Waals surface area contributed by atoms with Crippen LogP contribution < -0.4 is 9.44 Å². The highest BCUT2D eigenvalue weighted by Gasteiger charge is 2.14. The van der Waals surface area contributed by atoms with Gasteiger partial charge in [-0.2, -0.15) is 0 Å². The second-order valence-electron chi connectivity index (χ2n) is 3.66. The van der Waals surface area contributed by atoms with E-state index in [0.29, 0.717) is 10.5 Å². The zero-order valence-corrected chi connectivity index (χ0v) is 14.3. The first-order chi connectivity index (χ1) is 8.51. The normalized spacial score (nSPS) is 13.8. The summed E-state index contributed by atoms with van der Waals surface area (Å²) in [4.78, 5) is 22.8. The van der Waals surface area contributed by atoms with E-state index in [1.54, 1.807) is 21.6 Å². The van der Waals surface area contributed by atoms with Gasteiger partial charge in [-0.25, -0.2) is 0 Å². The highest BCUT2D eigenvalue weighted by molar-refractivity contribution is 8.76. The van der Waals surface area contributed by atoms with Gasteiger partial charge in [-0.05, 0) is 12.8 Å². The van der Waals surface area contributed by atoms with Crippen molar-refractivity contribution in [3.63, 3.8) is 0 Å². The van der Waals surface area contributed by atoms with Crippen LogP contribution in [0.3, 0.4) is 0 Å². The van der Waals surface area contributed by atoms with Crippen LogP contribution in [0.25, 0.3) is 0 Å². The molecule has 0 rings (SSSR count). The highest BCUT2D eigenvalue weighted by atomic mass is 33.1. The van der Waals surface area contributed by atoms with E-state index >= 15 is 0 Å². The third-order valence-corrected chi connectivity index (χ3v) is 7.15. The molecule has 8 heteroatoms. The molecule has 4 nitrogen and oxygen atoms in total. The number of amides is 2. The van der Waals surface area contributed by atoms with E-state index in [0.717, 1.165) is 12.8 Å². The molecule has 0 aromatic heterocycles. The van der Waals surface area contributed by atoms with E-state index in [2.05, 4.69) is 37.1 Å². The molecule has 0 bridgehead atoms. The number of hydrogen-bond donors (Lipinski definition) is 2. The van der Waals surface area contributed by atoms with Gasteiger partial charge in [-0.15, -0.1) is 0 Å². The van der Waals surface area contributed by atoms with Crippen LogP contribution in [0.4, 0.5) is 0 Å². The van der Waals surface area contributed by atoms with E-state index in [4.69, 9.17) is 0 Å². The molecule has 0 aromatic carbocycles. The molecule has 2 amide bonds. The summed E-state index contributed by atoms with van der Waals surface area (Å²) in [6.07, 6.45) is 2.06. The molecule has 0 aromatic rings. The molecule has 0 aliphatic carbocycles. The summed E-state index contributed by atoms with van der Waals surface area (Å²) in [6.45, 7) is 8.30. The lowest BCUT2D eigenvalue weighted by atomic mass is 10.4. The van der Waals surface area contributed by atoms with Crippen LogP contribution in [0, 0.1) is 0 Å². The predicted octanol–water partition coefficient (Wildman–Crippen LogP) is 3.41. The van der Waals surface area contributed by atoms with Crippen molar-refractivity contribution in [3.05, 3.63) is 0 Å². The Hall–Kier alpha value is 0.340. The first-order valence-corrected chi connectivity index (χ1v) is 10.2. The fraction of sp³-hybridized carbons (Fsp3) is 0.800. The topological polar surface area (TPSA) is 58.2 Å². The standard InChI is InChI=1S/C10H20N2O2S4/c1-5-7(3)15-17-11-9(13)10(14)12-18-16-8(4)6-2/h7-8H,5-6H2,1-4H3,(H,11,13)(H,12,14). The van der Waals surface area contributed by atoms with E-state index in [9.17, 15) is 9.59 Å². The largest absolute Gasteiger partial charge is 0.320 e. The fourth-order valence-corrected chi connectivity index (χ4v) is 4.10. The number of carbonyl (C=O) groups excluding carboxylic acids is 2. The molecule has 0 aliphatic rings. The SMILES string of the molecule is CCC(C)SSNC(=O)C(=O)NSSC(C)CC. The molecule has 0 saturated heterocycles. The van der Waals surface area contributed by atoms with Crippen LogP contribution in [0.5, 0.6) is 0 Å². The van der Waals surface area contributed by atoms with E-state index in [1.165, 1.54) is 22.0 Å². The molecule has 106 valence electrons. The molecule has 0 heterocycles. The average molecular weight is 329 g/mol. The van der Waals surface area contributed by atoms with Crippen molar-refractivity contribution in [1.29, 1.82) is 0 Å². The molecule has 0 saturated carbocycles. The summed E-state index contributed by atoms with van der Waals surface area (Å²) in [5, 5.41) is 0.905. The minimum atomic E-state index is -0.604. The molecule has 0 spiro atoms. The molecule has 0 fully saturated rings. The number of rotatable bonds is 8. The molecule has 0 aliphatic heterocycles. The van der Waals surface area contributed by atoms with Crippen molar-refractivity contribution in [2.75, 3.05) is 0 Å². The quantitative estimate of drug-likeness (QED) is 0.404. The van der Waals surface area contributed by atoms with Crippen molar-refractivity contribution in [2.24, 2.45) is 0 Å². The van der Waals surface area contributed by atoms with Gasteiger partial charge in [-0.3, -0.25) is 19.0 Å². The Balaban J connectivity index is 3.67. The summed E-state index contributed by atoms with van der Waals surface area (Å²) in [6, 6.07) is 0. The van der Waals surface area contributed by atoms with Crippen molar-refractivity contribution < 1.29 is 9.59 Å². The monoisotopic (exact) mass is 328 g/mol. The van der Waals surface area contributed by atoms with Gasteiger partial charge in [0.1, 0.15) is 0 Å². The first kappa shape index (κ1) is 18.3. The van der Waals surface area contributed by atoms with Gasteiger partial charge in [0, 0.05) is 32.5 Å². The highest BCUT2D eigenvalue weighted by Crippen LogP contribution is 2.26. The van der Waals surface area contributed by atoms with Crippen LogP contribution in [-0.2, 0) is 9.59 Å². The van der Waals surface area contributed by atoms with Gasteiger partial charge in [0.2, 0.25) is 0 Å². The van der Waals surface area contributed by atoms with Gasteiger partial charge in [0.25, 0.3) is 0 Å². The smallest absolute Gasteiger partial charge is 0.283 e. The van der Waals surface area contributed by atoms with Crippen LogP contribution in [0.15, 0.2) is 0 Å². The zero-order chi connectivity index (χ0) is 14.0. The molecule has 2 N–H and O–H groups in total. The van der Waals surface area contributed by atoms with E-state index in [1.807, 2.05) is 0 Å². The van der Waals surface area contributed by atoms with E-state index in [-0.39, 0.29) is 0 Å². The lowest BCUT2D eigenvalue weighted by molar-refractivity contribution is -0.136. The number of nitrogens with one attached hydrogen (secondary N) is 2. The van der Waals surface area contributed by atoms with Crippen LogP contribution >= 0.6 is 43.5 Å². The lowest BCUT2D eigenvalue weighted by Gasteiger charge is -2.09. The Bertz CT molecular complexity index is 240. The Kier molecular flexibility index (Phi) is 11.4. The maximum Gasteiger partial charge on any atom is 0.320 e. The summed E-state index contributed by atoms with van der Waals surface area (Å²) in [7, 11) is 5.51. The third kappa shape index (κ3) is 9.29. The summed E-state index contributed by atoms with van der Waals surface area (Å²) >= 11 is 0. The maximum absolute atomic E-state index is 11.4. The Morgan fingerprint density at radius 2 is 1.22 bits per heavy atom. The predicted molar refractivity (Wildman–Crippen MR) is 86.2 cm³/mol. The van der Waals surface area contributed by atoms with Crippen LogP contribution in [0.2, 0.25) is 0 Å². The van der Waals surface area contributed by atoms with Crippen molar-refractivity contribution in [2.45, 2.75) is 51.0 Å². The van der Waals surface area contributed by atoms with Crippen LogP contribution in [-0.4, -0.2) is 22.3 Å². The fourth-order valence-electron chi connectivity index (χ4n) is 0.517. The van der Waals surface area contributed by atoms with Gasteiger partial charge in [0.15, 0.2) is 0 Å². The second-order valence-corrected chi connectivity index (χ2v) is 8.55. The number of hydrogen-bond acceptors (Lipinski definition) is 6. The van der Waals surface area contributed by atoms with Crippen molar-refractivity contribution >= 4 is 55.4 Å². The van der Waals surface area contributed by atoms with Gasteiger partial charge in [-0.1, -0.05) is 49.3 Å². The van der Waals surface area contributed by atoms with Gasteiger partial charge in [0.05, 0.1) is 0 Å². The molecule has 2 atom stereocenters. The Morgan fingerprint density at radius 3 is 1.50 bits per heavy atom. The summed E-state index contributed by atoms with van der Waals surface area (Å²) in [5.74, 6) is -1.21. The Labute approximate surface area is 125 Å². The first-order valence-electron chi connectivity index (χ1n) is 5.76. The minimum Gasteiger partial charge on any atom is -0.283 e. The molecule has 18 heavy (non-hydrogen) atoms. The molecule has 0 radical (unpaired) electrons. The second kappa shape index (κ2) is 11.2. The molecular formula is C10H20N2O2S4. The van der Waals surface area contributed by atoms with Gasteiger partial charge >= 0.3 is 11.8 Å².